The minimum atomic E-state index is -0.266. The lowest BCUT2D eigenvalue weighted by Gasteiger charge is -2.37. The number of likely N-dealkylation sites (tertiary alicyclic amines) is 2. The van der Waals surface area contributed by atoms with E-state index < -0.39 is 0 Å². The molecular formula is C18H31N3O2. The topological polar surface area (TPSA) is 66.6 Å². The number of carbonyl (C=O) groups is 2. The summed E-state index contributed by atoms with van der Waals surface area (Å²) in [5.74, 6) is 1.77. The first-order valence-corrected chi connectivity index (χ1v) is 9.31. The van der Waals surface area contributed by atoms with Crippen LogP contribution < -0.4 is 5.73 Å². The molecule has 0 aromatic rings. The van der Waals surface area contributed by atoms with E-state index in [-0.39, 0.29) is 23.9 Å². The summed E-state index contributed by atoms with van der Waals surface area (Å²) in [6, 6.07) is -0.0178. The maximum atomic E-state index is 13.2. The highest BCUT2D eigenvalue weighted by molar-refractivity contribution is 5.88. The molecule has 1 aliphatic carbocycles. The molecule has 5 nitrogen and oxygen atoms in total. The van der Waals surface area contributed by atoms with Crippen LogP contribution in [0.1, 0.15) is 52.4 Å². The lowest BCUT2D eigenvalue weighted by Crippen LogP contribution is -2.52. The molecule has 3 fully saturated rings. The first-order valence-electron chi connectivity index (χ1n) is 9.31. The highest BCUT2D eigenvalue weighted by Crippen LogP contribution is 2.37. The largest absolute Gasteiger partial charge is 0.340 e. The molecule has 0 bridgehead atoms. The zero-order valence-electron chi connectivity index (χ0n) is 14.5. The molecule has 23 heavy (non-hydrogen) atoms. The van der Waals surface area contributed by atoms with Crippen LogP contribution in [-0.2, 0) is 9.59 Å². The molecule has 0 aromatic heterocycles. The number of carbonyl (C=O) groups excluding carboxylic acids is 2. The monoisotopic (exact) mass is 321 g/mol. The normalized spacial score (nSPS) is 32.5. The highest BCUT2D eigenvalue weighted by atomic mass is 16.2. The minimum Gasteiger partial charge on any atom is -0.340 e. The van der Waals surface area contributed by atoms with Gasteiger partial charge in [-0.25, -0.2) is 0 Å². The maximum absolute atomic E-state index is 13.2. The summed E-state index contributed by atoms with van der Waals surface area (Å²) in [5, 5.41) is 0. The van der Waals surface area contributed by atoms with E-state index in [0.29, 0.717) is 24.2 Å². The molecule has 3 rings (SSSR count). The van der Waals surface area contributed by atoms with Crippen molar-refractivity contribution >= 4 is 11.8 Å². The second-order valence-electron chi connectivity index (χ2n) is 8.10. The van der Waals surface area contributed by atoms with E-state index >= 15 is 0 Å². The van der Waals surface area contributed by atoms with Gasteiger partial charge in [0, 0.05) is 32.1 Å². The third-order valence-electron chi connectivity index (χ3n) is 5.94. The molecule has 3 aliphatic rings. The molecule has 2 amide bonds. The van der Waals surface area contributed by atoms with Gasteiger partial charge < -0.3 is 15.5 Å². The van der Waals surface area contributed by atoms with Crippen molar-refractivity contribution in [2.45, 2.75) is 64.5 Å². The van der Waals surface area contributed by atoms with Gasteiger partial charge in [-0.15, -0.1) is 0 Å². The van der Waals surface area contributed by atoms with Crippen LogP contribution in [0.3, 0.4) is 0 Å². The summed E-state index contributed by atoms with van der Waals surface area (Å²) in [5.41, 5.74) is 6.20. The maximum Gasteiger partial charge on any atom is 0.245 e. The van der Waals surface area contributed by atoms with Gasteiger partial charge in [0.25, 0.3) is 0 Å². The number of hydrogen-bond acceptors (Lipinski definition) is 3. The number of fused-ring (bicyclic) bond motifs is 1. The third kappa shape index (κ3) is 3.39. The summed E-state index contributed by atoms with van der Waals surface area (Å²) in [6.45, 7) is 6.63. The molecule has 5 heteroatoms. The van der Waals surface area contributed by atoms with Crippen molar-refractivity contribution in [2.75, 3.05) is 19.6 Å². The Labute approximate surface area is 139 Å². The highest BCUT2D eigenvalue weighted by Gasteiger charge is 2.45. The fraction of sp³-hybridized carbons (Fsp3) is 0.889. The predicted molar refractivity (Wildman–Crippen MR) is 89.6 cm³/mol. The first kappa shape index (κ1) is 16.7. The van der Waals surface area contributed by atoms with E-state index in [2.05, 4.69) is 13.8 Å². The molecule has 2 heterocycles. The number of amides is 2. The van der Waals surface area contributed by atoms with E-state index in [1.807, 2.05) is 9.80 Å². The molecule has 0 aromatic carbocycles. The number of nitrogens with zero attached hydrogens (tertiary/aromatic N) is 2. The van der Waals surface area contributed by atoms with Gasteiger partial charge in [-0.3, -0.25) is 9.59 Å². The second-order valence-corrected chi connectivity index (χ2v) is 8.10. The van der Waals surface area contributed by atoms with Crippen molar-refractivity contribution in [3.05, 3.63) is 0 Å². The molecule has 0 radical (unpaired) electrons. The molecule has 0 spiro atoms. The molecular weight excluding hydrogens is 290 g/mol. The Morgan fingerprint density at radius 3 is 2.70 bits per heavy atom. The van der Waals surface area contributed by atoms with Crippen LogP contribution in [0.2, 0.25) is 0 Å². The van der Waals surface area contributed by atoms with Gasteiger partial charge in [0.2, 0.25) is 11.8 Å². The average molecular weight is 321 g/mol. The molecule has 2 aliphatic heterocycles. The van der Waals surface area contributed by atoms with Crippen LogP contribution >= 0.6 is 0 Å². The smallest absolute Gasteiger partial charge is 0.245 e. The molecule has 130 valence electrons. The Hall–Kier alpha value is -1.10. The first-order chi connectivity index (χ1) is 11.0. The van der Waals surface area contributed by atoms with Crippen molar-refractivity contribution in [1.82, 2.24) is 9.80 Å². The van der Waals surface area contributed by atoms with E-state index in [1.54, 1.807) is 0 Å². The lowest BCUT2D eigenvalue weighted by molar-refractivity contribution is -0.147. The van der Waals surface area contributed by atoms with Crippen LogP contribution in [0.5, 0.6) is 0 Å². The molecule has 1 saturated carbocycles. The van der Waals surface area contributed by atoms with Gasteiger partial charge in [0.05, 0.1) is 0 Å². The van der Waals surface area contributed by atoms with Crippen LogP contribution in [0.4, 0.5) is 0 Å². The Morgan fingerprint density at radius 2 is 2.04 bits per heavy atom. The summed E-state index contributed by atoms with van der Waals surface area (Å²) in [6.07, 6.45) is 5.58. The van der Waals surface area contributed by atoms with Crippen molar-refractivity contribution in [2.24, 2.45) is 23.5 Å². The second kappa shape index (κ2) is 6.80. The van der Waals surface area contributed by atoms with Crippen LogP contribution in [0.15, 0.2) is 0 Å². The van der Waals surface area contributed by atoms with Gasteiger partial charge in [-0.05, 0) is 49.9 Å². The van der Waals surface area contributed by atoms with E-state index in [4.69, 9.17) is 5.73 Å². The van der Waals surface area contributed by atoms with Crippen LogP contribution in [0.25, 0.3) is 0 Å². The molecule has 2 saturated heterocycles. The zero-order valence-corrected chi connectivity index (χ0v) is 14.5. The summed E-state index contributed by atoms with van der Waals surface area (Å²) in [7, 11) is 0. The fourth-order valence-electron chi connectivity index (χ4n) is 4.66. The summed E-state index contributed by atoms with van der Waals surface area (Å²) in [4.78, 5) is 29.3. The van der Waals surface area contributed by atoms with Crippen LogP contribution in [-0.4, -0.2) is 53.3 Å². The Morgan fingerprint density at radius 1 is 1.26 bits per heavy atom. The summed E-state index contributed by atoms with van der Waals surface area (Å²) < 4.78 is 0. The Balaban J connectivity index is 1.71. The van der Waals surface area contributed by atoms with Gasteiger partial charge in [0.1, 0.15) is 6.04 Å². The Bertz CT molecular complexity index is 465. The van der Waals surface area contributed by atoms with Crippen molar-refractivity contribution in [3.8, 4) is 0 Å². The third-order valence-corrected chi connectivity index (χ3v) is 5.94. The fourth-order valence-corrected chi connectivity index (χ4v) is 4.66. The number of hydrogen-bond donors (Lipinski definition) is 1. The minimum absolute atomic E-state index is 0.159. The number of nitrogens with two attached hydrogens (primary N) is 1. The van der Waals surface area contributed by atoms with Gasteiger partial charge >= 0.3 is 0 Å². The predicted octanol–water partition coefficient (Wildman–Crippen LogP) is 1.61. The molecule has 4 unspecified atom stereocenters. The average Bonchev–Trinajstić information content (AvgIpc) is 3.07. The van der Waals surface area contributed by atoms with E-state index in [0.717, 1.165) is 51.7 Å². The number of piperidine rings is 1. The van der Waals surface area contributed by atoms with E-state index in [9.17, 15) is 9.59 Å². The lowest BCUT2D eigenvalue weighted by atomic mass is 9.98. The van der Waals surface area contributed by atoms with Crippen molar-refractivity contribution in [1.29, 1.82) is 0 Å². The summed E-state index contributed by atoms with van der Waals surface area (Å²) >= 11 is 0. The van der Waals surface area contributed by atoms with E-state index in [1.165, 1.54) is 0 Å². The van der Waals surface area contributed by atoms with Crippen molar-refractivity contribution in [3.63, 3.8) is 0 Å². The van der Waals surface area contributed by atoms with Gasteiger partial charge in [0.15, 0.2) is 0 Å². The van der Waals surface area contributed by atoms with Gasteiger partial charge in [-0.1, -0.05) is 13.8 Å². The zero-order chi connectivity index (χ0) is 16.6. The van der Waals surface area contributed by atoms with Crippen molar-refractivity contribution < 1.29 is 9.59 Å². The number of rotatable bonds is 4. The Kier molecular flexibility index (Phi) is 4.95. The molecule has 4 atom stereocenters. The van der Waals surface area contributed by atoms with Crippen LogP contribution in [0, 0.1) is 17.8 Å². The SMILES string of the molecule is CC(C)CC(C(=O)N1CC2CCC(N)C2C1)N1CCCCC1=O. The standard InChI is InChI=1S/C18H31N3O2/c1-12(2)9-16(21-8-4-3-5-17(21)22)18(23)20-10-13-6-7-15(19)14(13)11-20/h12-16H,3-11,19H2,1-2H3. The van der Waals surface area contributed by atoms with Gasteiger partial charge in [-0.2, -0.15) is 0 Å². The molecule has 2 N–H and O–H groups in total. The quantitative estimate of drug-likeness (QED) is 0.855.